The molecule has 4 atom stereocenters. The van der Waals surface area contributed by atoms with Crippen LogP contribution in [-0.2, 0) is 44.9 Å². The molecular weight excluding hydrogens is 564 g/mol. The van der Waals surface area contributed by atoms with E-state index in [9.17, 15) is 34.5 Å². The third-order valence-corrected chi connectivity index (χ3v) is 9.44. The van der Waals surface area contributed by atoms with Gasteiger partial charge in [0.1, 0.15) is 0 Å². The molecule has 0 radical (unpaired) electrons. The fraction of sp³-hybridized carbons (Fsp3) is 0.515. The van der Waals surface area contributed by atoms with Gasteiger partial charge in [0.05, 0.1) is 0 Å². The largest absolute Gasteiger partial charge is 0.481 e. The number of carbonyl (C=O) groups excluding carboxylic acids is 2. The molecule has 2 fully saturated rings. The van der Waals surface area contributed by atoms with Crippen molar-refractivity contribution in [2.45, 2.75) is 85.6 Å². The van der Waals surface area contributed by atoms with E-state index >= 15 is 0 Å². The topological polar surface area (TPSA) is 185 Å². The van der Waals surface area contributed by atoms with E-state index in [0.29, 0.717) is 37.8 Å². The normalized spacial score (nSPS) is 23.5. The molecule has 44 heavy (non-hydrogen) atoms. The van der Waals surface area contributed by atoms with Crippen LogP contribution in [0.25, 0.3) is 6.08 Å². The van der Waals surface area contributed by atoms with Gasteiger partial charge in [0.2, 0.25) is 11.8 Å². The second-order valence-electron chi connectivity index (χ2n) is 12.1. The van der Waals surface area contributed by atoms with Gasteiger partial charge in [-0.05, 0) is 68.4 Å². The van der Waals surface area contributed by atoms with Crippen molar-refractivity contribution < 1.29 is 34.5 Å². The smallest absolute Gasteiger partial charge is 0.303 e. The lowest BCUT2D eigenvalue weighted by Gasteiger charge is -2.15. The summed E-state index contributed by atoms with van der Waals surface area (Å²) < 4.78 is 0. The molecule has 0 spiro atoms. The number of aromatic nitrogens is 2. The summed E-state index contributed by atoms with van der Waals surface area (Å²) >= 11 is 0. The van der Waals surface area contributed by atoms with E-state index in [1.54, 1.807) is 0 Å². The number of allylic oxidation sites excluding steroid dienone is 2. The molecule has 7 N–H and O–H groups in total. The molecule has 2 saturated heterocycles. The predicted octanol–water partition coefficient (Wildman–Crippen LogP) is 3.31. The highest BCUT2D eigenvalue weighted by Gasteiger charge is 2.36. The van der Waals surface area contributed by atoms with E-state index in [1.807, 2.05) is 46.8 Å². The number of H-pyrrole nitrogens is 2. The summed E-state index contributed by atoms with van der Waals surface area (Å²) in [6.45, 7) is 9.55. The third-order valence-electron chi connectivity index (χ3n) is 9.44. The van der Waals surface area contributed by atoms with E-state index in [1.165, 1.54) is 0 Å². The third kappa shape index (κ3) is 6.83. The molecule has 11 heteroatoms. The van der Waals surface area contributed by atoms with Gasteiger partial charge < -0.3 is 35.9 Å². The lowest BCUT2D eigenvalue weighted by atomic mass is 9.91. The Bertz CT molecular complexity index is 1510. The molecule has 0 aliphatic carbocycles. The maximum Gasteiger partial charge on any atom is 0.303 e. The molecule has 2 aromatic rings. The Morgan fingerprint density at radius 1 is 0.886 bits per heavy atom. The van der Waals surface area contributed by atoms with Crippen molar-refractivity contribution in [3.05, 3.63) is 62.4 Å². The van der Waals surface area contributed by atoms with E-state index in [2.05, 4.69) is 20.6 Å². The van der Waals surface area contributed by atoms with Gasteiger partial charge in [0.25, 0.3) is 0 Å². The van der Waals surface area contributed by atoms with Crippen LogP contribution in [0.3, 0.4) is 0 Å². The van der Waals surface area contributed by atoms with Crippen molar-refractivity contribution in [1.82, 2.24) is 20.6 Å². The van der Waals surface area contributed by atoms with Crippen LogP contribution in [0.5, 0.6) is 0 Å². The summed E-state index contributed by atoms with van der Waals surface area (Å²) in [5.74, 6) is -2.38. The fourth-order valence-corrected chi connectivity index (χ4v) is 6.73. The molecule has 0 bridgehead atoms. The molecular formula is C33H44N4O7. The van der Waals surface area contributed by atoms with Crippen molar-refractivity contribution in [1.29, 1.82) is 0 Å². The number of carboxylic acid groups (broad SMARTS) is 2. The number of carbonyl (C=O) groups is 4. The second-order valence-corrected chi connectivity index (χ2v) is 12.1. The van der Waals surface area contributed by atoms with Gasteiger partial charge in [-0.3, -0.25) is 19.2 Å². The van der Waals surface area contributed by atoms with E-state index in [0.717, 1.165) is 50.6 Å². The number of aliphatic hydroxyl groups excluding tert-OH is 1. The van der Waals surface area contributed by atoms with Gasteiger partial charge in [0, 0.05) is 90.1 Å². The summed E-state index contributed by atoms with van der Waals surface area (Å²) in [5, 5.41) is 34.5. The molecule has 2 amide bonds. The average Bonchev–Trinajstić information content (AvgIpc) is 3.60. The standard InChI is InChI=1S/C33H44N4O7/c1-6-20-16(2)26(36-33(20)44)13-24-17(3)21(7-9-30(39)40)27(34-24)15-28-22(8-10-31(41)42)18(4)25(35-28)14-29-23(11-12-38)19(5)32(43)37-29/h6,14,16,19,23,26,34-35,38H,7-13,15H2,1-5H3,(H,36,44)(H,37,43)(H,39,40)(H,41,42)/b20-6-,29-14-/t16?,19-,23-,26-/m1/s1. The van der Waals surface area contributed by atoms with Gasteiger partial charge in [-0.15, -0.1) is 0 Å². The van der Waals surface area contributed by atoms with Crippen LogP contribution in [0.2, 0.25) is 0 Å². The number of aliphatic carboxylic acids is 2. The number of amides is 2. The highest BCUT2D eigenvalue weighted by Crippen LogP contribution is 2.34. The van der Waals surface area contributed by atoms with Gasteiger partial charge in [0.15, 0.2) is 0 Å². The number of aliphatic hydroxyl groups is 1. The van der Waals surface area contributed by atoms with Gasteiger partial charge >= 0.3 is 11.9 Å². The van der Waals surface area contributed by atoms with Crippen molar-refractivity contribution >= 4 is 29.8 Å². The van der Waals surface area contributed by atoms with Crippen molar-refractivity contribution in [3.63, 3.8) is 0 Å². The summed E-state index contributed by atoms with van der Waals surface area (Å²) in [7, 11) is 0. The van der Waals surface area contributed by atoms with Crippen molar-refractivity contribution in [2.24, 2.45) is 17.8 Å². The van der Waals surface area contributed by atoms with Crippen LogP contribution in [0.1, 0.15) is 85.1 Å². The van der Waals surface area contributed by atoms with E-state index in [-0.39, 0.29) is 55.1 Å². The van der Waals surface area contributed by atoms with Crippen LogP contribution in [0, 0.1) is 31.6 Å². The molecule has 238 valence electrons. The Labute approximate surface area is 257 Å². The Morgan fingerprint density at radius 3 is 2.07 bits per heavy atom. The molecule has 11 nitrogen and oxygen atoms in total. The lowest BCUT2D eigenvalue weighted by molar-refractivity contribution is -0.138. The van der Waals surface area contributed by atoms with Crippen LogP contribution in [0.4, 0.5) is 0 Å². The molecule has 0 saturated carbocycles. The van der Waals surface area contributed by atoms with E-state index < -0.39 is 11.9 Å². The Morgan fingerprint density at radius 2 is 1.50 bits per heavy atom. The zero-order valence-corrected chi connectivity index (χ0v) is 26.1. The maximum absolute atomic E-state index is 12.4. The van der Waals surface area contributed by atoms with Gasteiger partial charge in [-0.1, -0.05) is 19.9 Å². The number of carboxylic acids is 2. The molecule has 2 aliphatic rings. The van der Waals surface area contributed by atoms with Crippen LogP contribution in [0.15, 0.2) is 17.3 Å². The number of nitrogens with one attached hydrogen (secondary N) is 4. The van der Waals surface area contributed by atoms with Gasteiger partial charge in [-0.25, -0.2) is 0 Å². The summed E-state index contributed by atoms with van der Waals surface area (Å²) in [4.78, 5) is 55.0. The summed E-state index contributed by atoms with van der Waals surface area (Å²) in [5.41, 5.74) is 8.43. The predicted molar refractivity (Wildman–Crippen MR) is 165 cm³/mol. The number of rotatable bonds is 13. The van der Waals surface area contributed by atoms with Crippen LogP contribution < -0.4 is 10.6 Å². The Balaban J connectivity index is 1.73. The highest BCUT2D eigenvalue weighted by atomic mass is 16.4. The number of hydrogen-bond donors (Lipinski definition) is 7. The zero-order chi connectivity index (χ0) is 32.3. The highest BCUT2D eigenvalue weighted by molar-refractivity contribution is 5.96. The lowest BCUT2D eigenvalue weighted by Crippen LogP contribution is -2.30. The fourth-order valence-electron chi connectivity index (χ4n) is 6.73. The number of aromatic amines is 2. The first-order valence-electron chi connectivity index (χ1n) is 15.3. The quantitative estimate of drug-likeness (QED) is 0.170. The van der Waals surface area contributed by atoms with Crippen LogP contribution in [-0.4, -0.2) is 61.7 Å². The minimum absolute atomic E-state index is 0.0267. The first-order chi connectivity index (χ1) is 20.9. The Hall–Kier alpha value is -4.12. The summed E-state index contributed by atoms with van der Waals surface area (Å²) in [6.07, 6.45) is 5.65. The second kappa shape index (κ2) is 13.7. The monoisotopic (exact) mass is 608 g/mol. The minimum Gasteiger partial charge on any atom is -0.481 e. The first-order valence-corrected chi connectivity index (χ1v) is 15.3. The SMILES string of the molecule is C/C=C1\C(=O)N[C@H](Cc2[nH]c(Cc3[nH]c(/C=C4\NC(=O)[C@H](C)[C@H]4CCO)c(C)c3CCC(=O)O)c(CCC(=O)O)c2C)C1C. The van der Waals surface area contributed by atoms with Crippen molar-refractivity contribution in [2.75, 3.05) is 6.61 Å². The molecule has 4 heterocycles. The number of hydrogen-bond acceptors (Lipinski definition) is 5. The average molecular weight is 609 g/mol. The molecule has 0 aromatic carbocycles. The molecule has 2 aromatic heterocycles. The zero-order valence-electron chi connectivity index (χ0n) is 26.1. The summed E-state index contributed by atoms with van der Waals surface area (Å²) in [6, 6.07) is -0.0980. The van der Waals surface area contributed by atoms with E-state index in [4.69, 9.17) is 0 Å². The van der Waals surface area contributed by atoms with Crippen LogP contribution >= 0.6 is 0 Å². The minimum atomic E-state index is -0.912. The molecule has 4 rings (SSSR count). The molecule has 1 unspecified atom stereocenters. The molecule has 2 aliphatic heterocycles. The maximum atomic E-state index is 12.4. The first kappa shape index (κ1) is 32.8. The van der Waals surface area contributed by atoms with Gasteiger partial charge in [-0.2, -0.15) is 0 Å². The van der Waals surface area contributed by atoms with Crippen molar-refractivity contribution in [3.8, 4) is 0 Å². The Kier molecular flexibility index (Phi) is 10.2.